The molecule has 0 aromatic carbocycles. The van der Waals surface area contributed by atoms with Gasteiger partial charge in [-0.05, 0) is 74.3 Å². The van der Waals surface area contributed by atoms with Gasteiger partial charge in [-0.15, -0.1) is 0 Å². The number of ether oxygens (including phenoxy) is 3. The molecule has 9 nitrogen and oxygen atoms in total. The van der Waals surface area contributed by atoms with E-state index in [9.17, 15) is 14.4 Å². The maximum absolute atomic E-state index is 13.7. The van der Waals surface area contributed by atoms with Crippen LogP contribution in [0.5, 0.6) is 5.75 Å². The molecule has 2 heterocycles. The van der Waals surface area contributed by atoms with Crippen LogP contribution in [0.4, 0.5) is 4.79 Å². The van der Waals surface area contributed by atoms with Crippen molar-refractivity contribution in [3.05, 3.63) is 24.0 Å². The van der Waals surface area contributed by atoms with E-state index in [4.69, 9.17) is 14.2 Å². The van der Waals surface area contributed by atoms with Crippen LogP contribution in [0.25, 0.3) is 0 Å². The number of likely N-dealkylation sites (tertiary alicyclic amines) is 1. The number of nitrogens with zero attached hydrogens (tertiary/aromatic N) is 3. The summed E-state index contributed by atoms with van der Waals surface area (Å²) < 4.78 is 16.8. The van der Waals surface area contributed by atoms with E-state index in [2.05, 4.69) is 4.98 Å². The van der Waals surface area contributed by atoms with Crippen LogP contribution in [0.1, 0.15) is 78.6 Å². The van der Waals surface area contributed by atoms with Gasteiger partial charge >= 0.3 is 12.1 Å². The number of pyridine rings is 1. The number of rotatable bonds is 8. The van der Waals surface area contributed by atoms with Crippen LogP contribution >= 0.6 is 0 Å². The van der Waals surface area contributed by atoms with Crippen molar-refractivity contribution in [2.45, 2.75) is 92.0 Å². The van der Waals surface area contributed by atoms with Gasteiger partial charge in [-0.1, -0.05) is 0 Å². The van der Waals surface area contributed by atoms with Crippen molar-refractivity contribution >= 4 is 18.0 Å². The molecule has 9 heteroatoms. The molecular formula is C26H41N3O6. The van der Waals surface area contributed by atoms with Gasteiger partial charge in [0.05, 0.1) is 18.4 Å². The second-order valence-electron chi connectivity index (χ2n) is 10.4. The van der Waals surface area contributed by atoms with E-state index >= 15 is 0 Å². The van der Waals surface area contributed by atoms with Crippen LogP contribution in [-0.2, 0) is 14.3 Å². The second-order valence-corrected chi connectivity index (χ2v) is 10.4. The van der Waals surface area contributed by atoms with E-state index < -0.39 is 17.7 Å². The van der Waals surface area contributed by atoms with Gasteiger partial charge in [0, 0.05) is 37.3 Å². The fourth-order valence-corrected chi connectivity index (χ4v) is 4.27. The fourth-order valence-electron chi connectivity index (χ4n) is 4.27. The molecule has 1 aromatic rings. The SMILES string of the molecule is CCOC(=O)c1cncc(OC(C(=O)N(C(C)C)C(C)C)C2CCN(C(=O)OC(C)(C)C)CC2)c1. The molecule has 1 unspecified atom stereocenters. The predicted molar refractivity (Wildman–Crippen MR) is 132 cm³/mol. The minimum absolute atomic E-state index is 0.0144. The number of amides is 2. The van der Waals surface area contributed by atoms with E-state index in [1.54, 1.807) is 17.9 Å². The smallest absolute Gasteiger partial charge is 0.410 e. The Kier molecular flexibility index (Phi) is 9.92. The summed E-state index contributed by atoms with van der Waals surface area (Å²) in [4.78, 5) is 46.0. The van der Waals surface area contributed by atoms with E-state index in [0.29, 0.717) is 31.7 Å². The summed E-state index contributed by atoms with van der Waals surface area (Å²) in [6, 6.07) is 1.52. The first kappa shape index (κ1) is 28.4. The lowest BCUT2D eigenvalue weighted by atomic mass is 9.89. The van der Waals surface area contributed by atoms with Crippen LogP contribution in [-0.4, -0.2) is 76.2 Å². The minimum Gasteiger partial charge on any atom is -0.479 e. The molecule has 196 valence electrons. The van der Waals surface area contributed by atoms with Crippen LogP contribution in [0.15, 0.2) is 18.5 Å². The lowest BCUT2D eigenvalue weighted by Crippen LogP contribution is -2.53. The molecule has 0 saturated carbocycles. The van der Waals surface area contributed by atoms with E-state index in [0.717, 1.165) is 0 Å². The molecule has 0 spiro atoms. The molecule has 0 aliphatic carbocycles. The fraction of sp³-hybridized carbons (Fsp3) is 0.692. The van der Waals surface area contributed by atoms with Gasteiger partial charge < -0.3 is 24.0 Å². The van der Waals surface area contributed by atoms with Gasteiger partial charge in [0.15, 0.2) is 6.10 Å². The van der Waals surface area contributed by atoms with Crippen molar-refractivity contribution in [3.8, 4) is 5.75 Å². The van der Waals surface area contributed by atoms with Gasteiger partial charge in [0.25, 0.3) is 5.91 Å². The third-order valence-corrected chi connectivity index (χ3v) is 5.72. The summed E-state index contributed by atoms with van der Waals surface area (Å²) in [5, 5.41) is 0. The Morgan fingerprint density at radius 2 is 1.69 bits per heavy atom. The maximum Gasteiger partial charge on any atom is 0.410 e. The molecule has 1 saturated heterocycles. The number of carbonyl (C=O) groups excluding carboxylic acids is 3. The average molecular weight is 492 g/mol. The zero-order valence-corrected chi connectivity index (χ0v) is 22.4. The lowest BCUT2D eigenvalue weighted by molar-refractivity contribution is -0.146. The van der Waals surface area contributed by atoms with Gasteiger partial charge in [-0.25, -0.2) is 9.59 Å². The Morgan fingerprint density at radius 1 is 1.09 bits per heavy atom. The lowest BCUT2D eigenvalue weighted by Gasteiger charge is -2.39. The summed E-state index contributed by atoms with van der Waals surface area (Å²) in [5.41, 5.74) is -0.304. The van der Waals surface area contributed by atoms with E-state index in [1.165, 1.54) is 12.4 Å². The van der Waals surface area contributed by atoms with Crippen LogP contribution in [0.2, 0.25) is 0 Å². The molecule has 1 aromatic heterocycles. The highest BCUT2D eigenvalue weighted by Gasteiger charge is 2.39. The van der Waals surface area contributed by atoms with Crippen LogP contribution < -0.4 is 4.74 Å². The Balaban J connectivity index is 2.26. The zero-order valence-electron chi connectivity index (χ0n) is 22.4. The molecule has 0 radical (unpaired) electrons. The summed E-state index contributed by atoms with van der Waals surface area (Å²) in [5.74, 6) is -0.402. The highest BCUT2D eigenvalue weighted by Crippen LogP contribution is 2.28. The van der Waals surface area contributed by atoms with Crippen molar-refractivity contribution in [3.63, 3.8) is 0 Å². The van der Waals surface area contributed by atoms with E-state index in [1.807, 2.05) is 53.4 Å². The van der Waals surface area contributed by atoms with Crippen molar-refractivity contribution in [2.24, 2.45) is 5.92 Å². The van der Waals surface area contributed by atoms with Crippen molar-refractivity contribution in [1.82, 2.24) is 14.8 Å². The molecule has 0 N–H and O–H groups in total. The predicted octanol–water partition coefficient (Wildman–Crippen LogP) is 4.30. The largest absolute Gasteiger partial charge is 0.479 e. The number of esters is 1. The summed E-state index contributed by atoms with van der Waals surface area (Å²) in [6.45, 7) is 16.3. The normalized spacial score (nSPS) is 15.7. The number of piperidine rings is 1. The molecule has 1 fully saturated rings. The molecule has 2 rings (SSSR count). The Bertz CT molecular complexity index is 864. The maximum atomic E-state index is 13.7. The van der Waals surface area contributed by atoms with Gasteiger partial charge in [-0.2, -0.15) is 0 Å². The zero-order chi connectivity index (χ0) is 26.3. The topological polar surface area (TPSA) is 98.3 Å². The highest BCUT2D eigenvalue weighted by atomic mass is 16.6. The monoisotopic (exact) mass is 491 g/mol. The molecule has 0 bridgehead atoms. The van der Waals surface area contributed by atoms with Crippen LogP contribution in [0, 0.1) is 5.92 Å². The first-order chi connectivity index (χ1) is 16.3. The van der Waals surface area contributed by atoms with Gasteiger partial charge in [0.2, 0.25) is 0 Å². The van der Waals surface area contributed by atoms with Crippen molar-refractivity contribution in [2.75, 3.05) is 19.7 Å². The number of hydrogen-bond donors (Lipinski definition) is 0. The first-order valence-electron chi connectivity index (χ1n) is 12.4. The number of hydrogen-bond acceptors (Lipinski definition) is 7. The molecule has 1 atom stereocenters. The van der Waals surface area contributed by atoms with Crippen molar-refractivity contribution in [1.29, 1.82) is 0 Å². The standard InChI is InChI=1S/C26H41N3O6/c1-9-33-24(31)20-14-21(16-27-15-20)34-22(23(30)29(17(2)3)18(4)5)19-10-12-28(13-11-19)25(32)35-26(6,7)8/h14-19,22H,9-13H2,1-8H3. The van der Waals surface area contributed by atoms with Gasteiger partial charge in [0.1, 0.15) is 11.4 Å². The number of aromatic nitrogens is 1. The third kappa shape index (κ3) is 8.11. The summed E-state index contributed by atoms with van der Waals surface area (Å²) in [7, 11) is 0. The van der Waals surface area contributed by atoms with E-state index in [-0.39, 0.29) is 42.2 Å². The molecule has 1 aliphatic rings. The highest BCUT2D eigenvalue weighted by molar-refractivity contribution is 5.89. The number of carbonyl (C=O) groups is 3. The second kappa shape index (κ2) is 12.2. The minimum atomic E-state index is -0.778. The first-order valence-corrected chi connectivity index (χ1v) is 12.4. The van der Waals surface area contributed by atoms with Crippen molar-refractivity contribution < 1.29 is 28.6 Å². The summed E-state index contributed by atoms with van der Waals surface area (Å²) in [6.07, 6.45) is 2.95. The Hall–Kier alpha value is -2.84. The molecule has 1 aliphatic heterocycles. The van der Waals surface area contributed by atoms with Gasteiger partial charge in [-0.3, -0.25) is 9.78 Å². The summed E-state index contributed by atoms with van der Waals surface area (Å²) >= 11 is 0. The average Bonchev–Trinajstić information content (AvgIpc) is 2.76. The van der Waals surface area contributed by atoms with Crippen LogP contribution in [0.3, 0.4) is 0 Å². The molecular weight excluding hydrogens is 450 g/mol. The Labute approximate surface area is 209 Å². The molecule has 2 amide bonds. The molecule has 35 heavy (non-hydrogen) atoms. The quantitative estimate of drug-likeness (QED) is 0.500. The third-order valence-electron chi connectivity index (χ3n) is 5.72. The Morgan fingerprint density at radius 3 is 2.20 bits per heavy atom.